The zero-order chi connectivity index (χ0) is 78.0. The average molecular weight is 1460 g/mol. The van der Waals surface area contributed by atoms with Crippen molar-refractivity contribution in [3.8, 4) is 5.75 Å². The van der Waals surface area contributed by atoms with Crippen LogP contribution in [0.15, 0.2) is 24.3 Å². The van der Waals surface area contributed by atoms with Crippen molar-refractivity contribution in [2.75, 3.05) is 19.6 Å². The molecule has 1 aliphatic heterocycles. The van der Waals surface area contributed by atoms with Gasteiger partial charge in [-0.15, -0.1) is 0 Å². The number of unbranched alkanes of at least 4 members (excludes halogenated alkanes) is 1. The third-order valence-corrected chi connectivity index (χ3v) is 16.4. The van der Waals surface area contributed by atoms with Crippen LogP contribution in [0.2, 0.25) is 0 Å². The Morgan fingerprint density at radius 2 is 0.932 bits per heavy atom. The quantitative estimate of drug-likeness (QED) is 0.0271. The van der Waals surface area contributed by atoms with Gasteiger partial charge in [-0.2, -0.15) is 0 Å². The summed E-state index contributed by atoms with van der Waals surface area (Å²) in [6.45, 7) is 10.7. The van der Waals surface area contributed by atoms with Crippen LogP contribution in [0.1, 0.15) is 144 Å². The van der Waals surface area contributed by atoms with Gasteiger partial charge in [0.25, 0.3) is 0 Å². The van der Waals surface area contributed by atoms with Crippen LogP contribution in [0, 0.1) is 17.8 Å². The molecule has 39 nitrogen and oxygen atoms in total. The van der Waals surface area contributed by atoms with Crippen molar-refractivity contribution in [3.05, 3.63) is 29.8 Å². The fourth-order valence-electron chi connectivity index (χ4n) is 10.3. The molecule has 2 rings (SSSR count). The summed E-state index contributed by atoms with van der Waals surface area (Å²) in [5.74, 6) is -24.9. The number of nitrogens with two attached hydrogens (primary N) is 2. The van der Waals surface area contributed by atoms with E-state index >= 15 is 0 Å². The zero-order valence-electron chi connectivity index (χ0n) is 58.4. The molecule has 1 saturated heterocycles. The molecule has 0 radical (unpaired) electrons. The fraction of sp³-hybridized carbons (Fsp3) is 0.625. The summed E-state index contributed by atoms with van der Waals surface area (Å²) in [4.78, 5) is 238. The molecule has 0 saturated carbocycles. The van der Waals surface area contributed by atoms with Crippen molar-refractivity contribution >= 4 is 107 Å². The van der Waals surface area contributed by atoms with Crippen LogP contribution in [0.5, 0.6) is 5.75 Å². The van der Waals surface area contributed by atoms with Crippen molar-refractivity contribution in [3.63, 3.8) is 0 Å². The highest BCUT2D eigenvalue weighted by molar-refractivity contribution is 6.01. The van der Waals surface area contributed by atoms with Gasteiger partial charge in [-0.1, -0.05) is 66.5 Å². The van der Waals surface area contributed by atoms with E-state index in [1.54, 1.807) is 34.6 Å². The highest BCUT2D eigenvalue weighted by Crippen LogP contribution is 2.17. The maximum Gasteiger partial charge on any atom is 0.326 e. The first kappa shape index (κ1) is 88.5. The second kappa shape index (κ2) is 44.6. The van der Waals surface area contributed by atoms with Crippen LogP contribution >= 0.6 is 0 Å². The van der Waals surface area contributed by atoms with E-state index in [9.17, 15) is 117 Å². The Balaban J connectivity index is 2.49. The molecule has 13 amide bonds. The first-order chi connectivity index (χ1) is 48.3. The standard InChI is InChI=1S/C64H99N15O24/c1-8-31(5)51(62(100)69-33(7)53(91)71-38(64(102)103)13-10-11-21-65)79-61(99)39(23-30(3)4)72-58(96)42(26-48(85)86)76-59(97)43(27-49(87)88)75-57(95)40(24-34-15-17-35(80)18-16-34)73-60(98)44(28-50(89)90)77-63(101)52(32(6)9-2)78-56(94)37(19-20-47(83)84)70-46(82)29-68-54(92)41(25-45(66)81)74-55(93)36-14-12-22-67-36/h15-18,30-33,36-44,51-52,67,80H,8-14,19-29,65H2,1-7H3,(H2,66,81)(H,68,92)(H,69,100)(H,70,82)(H,71,91)(H,72,96)(H,73,98)(H,74,93)(H,75,95)(H,76,97)(H,77,101)(H,78,94)(H,79,99)(H,83,84)(H,85,86)(H,87,88)(H,89,90)(H,102,103)/t31-,32-,33-,36-,37-,38-,39-,40-,41-,42-,43-,44-,51-,52-/m0/s1. The van der Waals surface area contributed by atoms with Gasteiger partial charge in [0, 0.05) is 12.8 Å². The molecule has 1 aromatic rings. The lowest BCUT2D eigenvalue weighted by molar-refractivity contribution is -0.144. The molecule has 1 aliphatic rings. The number of aromatic hydroxyl groups is 1. The molecular formula is C64H99N15O24. The number of aliphatic carboxylic acids is 5. The number of carbonyl (C=O) groups is 18. The molecular weight excluding hydrogens is 1360 g/mol. The largest absolute Gasteiger partial charge is 0.508 e. The summed E-state index contributed by atoms with van der Waals surface area (Å²) < 4.78 is 0. The highest BCUT2D eigenvalue weighted by Gasteiger charge is 2.39. The van der Waals surface area contributed by atoms with Gasteiger partial charge in [-0.05, 0) is 100 Å². The van der Waals surface area contributed by atoms with Gasteiger partial charge >= 0.3 is 29.8 Å². The maximum atomic E-state index is 14.5. The number of amides is 13. The predicted molar refractivity (Wildman–Crippen MR) is 359 cm³/mol. The van der Waals surface area contributed by atoms with Crippen molar-refractivity contribution < 1.29 is 117 Å². The maximum absolute atomic E-state index is 14.5. The molecule has 39 heteroatoms. The van der Waals surface area contributed by atoms with Crippen LogP contribution in [0.4, 0.5) is 0 Å². The van der Waals surface area contributed by atoms with E-state index in [0.717, 1.165) is 12.1 Å². The van der Waals surface area contributed by atoms with E-state index in [1.807, 2.05) is 0 Å². The Morgan fingerprint density at radius 1 is 0.485 bits per heavy atom. The molecule has 23 N–H and O–H groups in total. The number of carboxylic acid groups (broad SMARTS) is 5. The van der Waals surface area contributed by atoms with Crippen molar-refractivity contribution in [1.82, 2.24) is 69.1 Å². The van der Waals surface area contributed by atoms with E-state index < -0.39 is 248 Å². The number of carbonyl (C=O) groups excluding carboxylic acids is 13. The van der Waals surface area contributed by atoms with Crippen molar-refractivity contribution in [1.29, 1.82) is 0 Å². The van der Waals surface area contributed by atoms with Crippen LogP contribution < -0.4 is 80.6 Å². The summed E-state index contributed by atoms with van der Waals surface area (Å²) in [7, 11) is 0. The van der Waals surface area contributed by atoms with E-state index in [0.29, 0.717) is 32.2 Å². The van der Waals surface area contributed by atoms with Crippen LogP contribution in [0.25, 0.3) is 0 Å². The Kier molecular flexibility index (Phi) is 38.3. The van der Waals surface area contributed by atoms with E-state index in [4.69, 9.17) is 11.5 Å². The predicted octanol–water partition coefficient (Wildman–Crippen LogP) is -5.33. The third kappa shape index (κ3) is 32.7. The summed E-state index contributed by atoms with van der Waals surface area (Å²) in [5, 5.41) is 89.6. The fourth-order valence-corrected chi connectivity index (χ4v) is 10.3. The minimum absolute atomic E-state index is 0.0395. The molecule has 0 spiro atoms. The van der Waals surface area contributed by atoms with Crippen molar-refractivity contribution in [2.45, 2.75) is 217 Å². The van der Waals surface area contributed by atoms with Gasteiger partial charge in [-0.3, -0.25) is 81.5 Å². The van der Waals surface area contributed by atoms with Gasteiger partial charge in [0.2, 0.25) is 76.8 Å². The number of carboxylic acids is 5. The molecule has 0 bridgehead atoms. The van der Waals surface area contributed by atoms with E-state index in [-0.39, 0.29) is 43.5 Å². The highest BCUT2D eigenvalue weighted by atomic mass is 16.4. The van der Waals surface area contributed by atoms with Gasteiger partial charge in [0.1, 0.15) is 72.2 Å². The molecule has 14 atom stereocenters. The minimum Gasteiger partial charge on any atom is -0.508 e. The van der Waals surface area contributed by atoms with Crippen LogP contribution in [0.3, 0.4) is 0 Å². The second-order valence-electron chi connectivity index (χ2n) is 25.4. The molecule has 0 aromatic heterocycles. The zero-order valence-corrected chi connectivity index (χ0v) is 58.4. The van der Waals surface area contributed by atoms with Gasteiger partial charge < -0.3 is 111 Å². The minimum atomic E-state index is -2.25. The lowest BCUT2D eigenvalue weighted by Crippen LogP contribution is -2.62. The number of hydrogen-bond acceptors (Lipinski definition) is 21. The van der Waals surface area contributed by atoms with Gasteiger partial charge in [0.05, 0.1) is 38.3 Å². The normalized spacial score (nSPS) is 16.3. The number of nitrogens with one attached hydrogen (secondary N) is 13. The Labute approximate surface area is 592 Å². The summed E-state index contributed by atoms with van der Waals surface area (Å²) in [6.07, 6.45) is -4.32. The monoisotopic (exact) mass is 1460 g/mol. The van der Waals surface area contributed by atoms with Gasteiger partial charge in [-0.25, -0.2) is 4.79 Å². The number of hydrogen-bond donors (Lipinski definition) is 21. The van der Waals surface area contributed by atoms with Gasteiger partial charge in [0.15, 0.2) is 0 Å². The first-order valence-corrected chi connectivity index (χ1v) is 33.5. The summed E-state index contributed by atoms with van der Waals surface area (Å²) in [5.41, 5.74) is 10.9. The van der Waals surface area contributed by atoms with Crippen LogP contribution in [-0.2, 0) is 92.7 Å². The summed E-state index contributed by atoms with van der Waals surface area (Å²) in [6, 6.07) is -15.0. The van der Waals surface area contributed by atoms with E-state index in [2.05, 4.69) is 69.1 Å². The Bertz CT molecular complexity index is 3180. The first-order valence-electron chi connectivity index (χ1n) is 33.5. The lowest BCUT2D eigenvalue weighted by atomic mass is 9.96. The molecule has 574 valence electrons. The Hall–Kier alpha value is -10.6. The number of phenolic OH excluding ortho intramolecular Hbond substituents is 1. The molecule has 0 aliphatic carbocycles. The smallest absolute Gasteiger partial charge is 0.326 e. The number of benzene rings is 1. The lowest BCUT2D eigenvalue weighted by Gasteiger charge is -2.29. The number of primary amides is 1. The third-order valence-electron chi connectivity index (χ3n) is 16.4. The topological polar surface area (TPSA) is 637 Å². The SMILES string of the molecule is CC[C@H](C)[C@H](NC(=O)[C@H](CC(C)C)NC(=O)[C@H](CC(=O)O)NC(=O)[C@H](CC(=O)O)NC(=O)[C@H](Cc1ccc(O)cc1)NC(=O)[C@H](CC(=O)O)NC(=O)[C@@H](NC(=O)[C@H](CCC(=O)O)NC(=O)CNC(=O)[C@H](CC(N)=O)NC(=O)[C@@H]1CCCN1)[C@@H](C)CC)C(=O)N[C@@H](C)C(=O)N[C@@H](CCCCN)C(=O)O. The number of rotatable bonds is 48. The molecule has 103 heavy (non-hydrogen) atoms. The molecule has 1 fully saturated rings. The Morgan fingerprint density at radius 3 is 1.38 bits per heavy atom. The molecule has 1 heterocycles. The molecule has 1 aromatic carbocycles. The van der Waals surface area contributed by atoms with Crippen LogP contribution in [-0.4, -0.2) is 229 Å². The number of phenols is 1. The molecule has 0 unspecified atom stereocenters. The summed E-state index contributed by atoms with van der Waals surface area (Å²) >= 11 is 0. The van der Waals surface area contributed by atoms with Crippen molar-refractivity contribution in [2.24, 2.45) is 29.2 Å². The average Bonchev–Trinajstić information content (AvgIpc) is 1.32. The van der Waals surface area contributed by atoms with E-state index in [1.165, 1.54) is 26.0 Å². The second-order valence-corrected chi connectivity index (χ2v) is 25.4.